The first kappa shape index (κ1) is 16.6. The molecule has 6 nitrogen and oxygen atoms in total. The predicted molar refractivity (Wildman–Crippen MR) is 85.3 cm³/mol. The molecule has 1 aromatic rings. The van der Waals surface area contributed by atoms with Crippen molar-refractivity contribution in [2.24, 2.45) is 0 Å². The number of carbonyl (C=O) groups is 2. The minimum atomic E-state index is -0.567. The number of rotatable bonds is 3. The molecule has 1 N–H and O–H groups in total. The van der Waals surface area contributed by atoms with Gasteiger partial charge in [-0.2, -0.15) is 0 Å². The average molecular weight is 323 g/mol. The number of nitrogens with one attached hydrogen (secondary N) is 1. The molecule has 0 aromatic carbocycles. The smallest absolute Gasteiger partial charge is 0.411 e. The lowest BCUT2D eigenvalue weighted by Crippen LogP contribution is -2.48. The number of nitrogens with zero attached hydrogens (tertiary/aromatic N) is 2. The quantitative estimate of drug-likeness (QED) is 0.921. The van der Waals surface area contributed by atoms with Crippen LogP contribution in [0.25, 0.3) is 0 Å². The van der Waals surface area contributed by atoms with Crippen molar-refractivity contribution >= 4 is 23.8 Å². The van der Waals surface area contributed by atoms with Gasteiger partial charge in [0.05, 0.1) is 5.88 Å². The van der Waals surface area contributed by atoms with Crippen molar-refractivity contribution in [1.29, 1.82) is 0 Å². The lowest BCUT2D eigenvalue weighted by molar-refractivity contribution is -0.125. The summed E-state index contributed by atoms with van der Waals surface area (Å²) < 4.78 is 5.35. The van der Waals surface area contributed by atoms with Gasteiger partial charge in [-0.3, -0.25) is 14.7 Å². The van der Waals surface area contributed by atoms with Crippen LogP contribution in [0.2, 0.25) is 0 Å². The maximum absolute atomic E-state index is 12.3. The van der Waals surface area contributed by atoms with Crippen LogP contribution < -0.4 is 5.32 Å². The molecule has 22 heavy (non-hydrogen) atoms. The van der Waals surface area contributed by atoms with Crippen molar-refractivity contribution in [3.8, 4) is 0 Å². The van der Waals surface area contributed by atoms with Gasteiger partial charge >= 0.3 is 6.09 Å². The molecule has 1 atom stereocenters. The second-order valence-corrected chi connectivity index (χ2v) is 7.04. The summed E-state index contributed by atoms with van der Waals surface area (Å²) in [4.78, 5) is 29.9. The Morgan fingerprint density at radius 1 is 1.41 bits per heavy atom. The van der Waals surface area contributed by atoms with Gasteiger partial charge in [0, 0.05) is 24.7 Å². The highest BCUT2D eigenvalue weighted by atomic mass is 32.2. The highest BCUT2D eigenvalue weighted by molar-refractivity contribution is 7.99. The van der Waals surface area contributed by atoms with Crippen LogP contribution >= 0.6 is 11.8 Å². The summed E-state index contributed by atoms with van der Waals surface area (Å²) in [5, 5.41) is 2.86. The molecular formula is C15H21N3O3S. The molecule has 2 amide bonds. The van der Waals surface area contributed by atoms with Crippen LogP contribution in [0.1, 0.15) is 26.3 Å². The largest absolute Gasteiger partial charge is 0.444 e. The number of ether oxygens (including phenoxy) is 1. The Bertz CT molecular complexity index is 531. The Morgan fingerprint density at radius 2 is 2.09 bits per heavy atom. The summed E-state index contributed by atoms with van der Waals surface area (Å²) in [5.74, 6) is 0.900. The molecule has 1 fully saturated rings. The third-order valence-corrected chi connectivity index (χ3v) is 4.04. The number of hydrogen-bond donors (Lipinski definition) is 1. The predicted octanol–water partition coefficient (Wildman–Crippen LogP) is 2.01. The summed E-state index contributed by atoms with van der Waals surface area (Å²) in [6.07, 6.45) is 2.92. The lowest BCUT2D eigenvalue weighted by Gasteiger charge is -2.27. The zero-order chi connectivity index (χ0) is 16.2. The average Bonchev–Trinajstić information content (AvgIpc) is 2.93. The number of pyridine rings is 1. The molecule has 0 radical (unpaired) electrons. The van der Waals surface area contributed by atoms with Crippen LogP contribution in [0.3, 0.4) is 0 Å². The number of hydrogen-bond acceptors (Lipinski definition) is 5. The van der Waals surface area contributed by atoms with E-state index in [1.807, 2.05) is 32.9 Å². The van der Waals surface area contributed by atoms with E-state index in [0.717, 1.165) is 5.56 Å². The van der Waals surface area contributed by atoms with E-state index in [1.165, 1.54) is 4.90 Å². The van der Waals surface area contributed by atoms with E-state index in [2.05, 4.69) is 10.3 Å². The van der Waals surface area contributed by atoms with Gasteiger partial charge in [0.15, 0.2) is 0 Å². The molecule has 1 saturated heterocycles. The van der Waals surface area contributed by atoms with E-state index in [0.29, 0.717) is 18.2 Å². The van der Waals surface area contributed by atoms with E-state index < -0.39 is 17.7 Å². The maximum Gasteiger partial charge on any atom is 0.411 e. The molecular weight excluding hydrogens is 302 g/mol. The van der Waals surface area contributed by atoms with Gasteiger partial charge < -0.3 is 10.1 Å². The molecule has 0 bridgehead atoms. The van der Waals surface area contributed by atoms with Crippen LogP contribution in [0.4, 0.5) is 4.79 Å². The fourth-order valence-corrected chi connectivity index (χ4v) is 3.11. The second-order valence-electron chi connectivity index (χ2n) is 6.04. The van der Waals surface area contributed by atoms with Gasteiger partial charge in [-0.15, -0.1) is 11.8 Å². The van der Waals surface area contributed by atoms with Crippen LogP contribution in [-0.4, -0.2) is 45.2 Å². The second kappa shape index (κ2) is 7.00. The third-order valence-electron chi connectivity index (χ3n) is 3.03. The number of aromatic nitrogens is 1. The molecule has 2 heterocycles. The summed E-state index contributed by atoms with van der Waals surface area (Å²) in [6, 6.07) is 3.20. The molecule has 0 unspecified atom stereocenters. The van der Waals surface area contributed by atoms with Crippen molar-refractivity contribution < 1.29 is 14.3 Å². The first-order valence-corrected chi connectivity index (χ1v) is 8.26. The van der Waals surface area contributed by atoms with Gasteiger partial charge in [0.1, 0.15) is 11.6 Å². The number of thioether (sulfide) groups is 1. The van der Waals surface area contributed by atoms with Crippen molar-refractivity contribution in [2.75, 3.05) is 11.6 Å². The van der Waals surface area contributed by atoms with Gasteiger partial charge in [0.2, 0.25) is 5.91 Å². The summed E-state index contributed by atoms with van der Waals surface area (Å²) in [7, 11) is 0. The van der Waals surface area contributed by atoms with Crippen LogP contribution in [0.5, 0.6) is 0 Å². The minimum absolute atomic E-state index is 0.160. The lowest BCUT2D eigenvalue weighted by atomic mass is 10.2. The molecule has 120 valence electrons. The minimum Gasteiger partial charge on any atom is -0.444 e. The van der Waals surface area contributed by atoms with Crippen molar-refractivity contribution in [3.63, 3.8) is 0 Å². The SMILES string of the molecule is CC(C)(C)OC(=O)N1CSC[C@@H]1C(=O)NCc1ccncc1. The number of amides is 2. The van der Waals surface area contributed by atoms with Crippen LogP contribution in [-0.2, 0) is 16.1 Å². The first-order chi connectivity index (χ1) is 10.4. The Kier molecular flexibility index (Phi) is 5.28. The zero-order valence-electron chi connectivity index (χ0n) is 13.0. The van der Waals surface area contributed by atoms with Gasteiger partial charge in [-0.05, 0) is 38.5 Å². The molecule has 1 aromatic heterocycles. The van der Waals surface area contributed by atoms with E-state index in [9.17, 15) is 9.59 Å². The number of carbonyl (C=O) groups excluding carboxylic acids is 2. The van der Waals surface area contributed by atoms with Crippen molar-refractivity contribution in [3.05, 3.63) is 30.1 Å². The first-order valence-electron chi connectivity index (χ1n) is 7.11. The molecule has 0 saturated carbocycles. The van der Waals surface area contributed by atoms with E-state index in [1.54, 1.807) is 24.2 Å². The fraction of sp³-hybridized carbons (Fsp3) is 0.533. The summed E-state index contributed by atoms with van der Waals surface area (Å²) in [5.41, 5.74) is 0.403. The monoisotopic (exact) mass is 323 g/mol. The standard InChI is InChI=1S/C15H21N3O3S/c1-15(2,3)21-14(20)18-10-22-9-12(18)13(19)17-8-11-4-6-16-7-5-11/h4-7,12H,8-10H2,1-3H3,(H,17,19)/t12-/m1/s1. The Labute approximate surface area is 134 Å². The van der Waals surface area contributed by atoms with Gasteiger partial charge in [-0.1, -0.05) is 0 Å². The molecule has 1 aliphatic rings. The van der Waals surface area contributed by atoms with E-state index in [-0.39, 0.29) is 5.91 Å². The molecule has 0 spiro atoms. The Balaban J connectivity index is 1.92. The van der Waals surface area contributed by atoms with Crippen LogP contribution in [0.15, 0.2) is 24.5 Å². The highest BCUT2D eigenvalue weighted by Gasteiger charge is 2.36. The van der Waals surface area contributed by atoms with E-state index >= 15 is 0 Å². The zero-order valence-corrected chi connectivity index (χ0v) is 13.9. The summed E-state index contributed by atoms with van der Waals surface area (Å²) >= 11 is 1.55. The third kappa shape index (κ3) is 4.62. The molecule has 2 rings (SSSR count). The topological polar surface area (TPSA) is 71.5 Å². The Morgan fingerprint density at radius 3 is 2.73 bits per heavy atom. The molecule has 0 aliphatic carbocycles. The Hall–Kier alpha value is -1.76. The van der Waals surface area contributed by atoms with Gasteiger partial charge in [0.25, 0.3) is 0 Å². The van der Waals surface area contributed by atoms with Crippen molar-refractivity contribution in [2.45, 2.75) is 39.0 Å². The van der Waals surface area contributed by atoms with E-state index in [4.69, 9.17) is 4.74 Å². The maximum atomic E-state index is 12.3. The normalized spacial score (nSPS) is 18.1. The molecule has 7 heteroatoms. The fourth-order valence-electron chi connectivity index (χ4n) is 1.97. The summed E-state index contributed by atoms with van der Waals surface area (Å²) in [6.45, 7) is 5.86. The van der Waals surface area contributed by atoms with Crippen LogP contribution in [0, 0.1) is 0 Å². The van der Waals surface area contributed by atoms with Gasteiger partial charge in [-0.25, -0.2) is 4.79 Å². The van der Waals surface area contributed by atoms with Crippen molar-refractivity contribution in [1.82, 2.24) is 15.2 Å². The molecule has 1 aliphatic heterocycles. The highest BCUT2D eigenvalue weighted by Crippen LogP contribution is 2.23.